The van der Waals surface area contributed by atoms with Gasteiger partial charge in [-0.2, -0.15) is 0 Å². The molecule has 5 heteroatoms. The van der Waals surface area contributed by atoms with Gasteiger partial charge < -0.3 is 10.2 Å². The Bertz CT molecular complexity index is 556. The number of thiophene rings is 1. The number of benzene rings is 1. The molecule has 1 aromatic heterocycles. The van der Waals surface area contributed by atoms with Gasteiger partial charge in [-0.05, 0) is 63.8 Å². The number of nitrogens with zero attached hydrogens (tertiary/aromatic N) is 1. The van der Waals surface area contributed by atoms with Crippen molar-refractivity contribution in [1.29, 1.82) is 0 Å². The summed E-state index contributed by atoms with van der Waals surface area (Å²) in [7, 11) is 3.89. The van der Waals surface area contributed by atoms with Gasteiger partial charge in [-0.1, -0.05) is 0 Å². The monoisotopic (exact) mass is 342 g/mol. The molecule has 0 fully saturated rings. The Balaban J connectivity index is 2.20. The number of hydrogen-bond acceptors (Lipinski definition) is 3. The fourth-order valence-electron chi connectivity index (χ4n) is 2.05. The van der Waals surface area contributed by atoms with Crippen molar-refractivity contribution in [2.45, 2.75) is 13.1 Å². The normalized spacial score (nSPS) is 10.7. The molecule has 0 radical (unpaired) electrons. The van der Waals surface area contributed by atoms with Crippen molar-refractivity contribution < 1.29 is 4.39 Å². The predicted molar refractivity (Wildman–Crippen MR) is 83.3 cm³/mol. The lowest BCUT2D eigenvalue weighted by molar-refractivity contribution is 0.623. The highest BCUT2D eigenvalue weighted by Crippen LogP contribution is 2.25. The third kappa shape index (κ3) is 3.78. The van der Waals surface area contributed by atoms with E-state index >= 15 is 0 Å². The molecule has 0 bridgehead atoms. The summed E-state index contributed by atoms with van der Waals surface area (Å²) in [5, 5.41) is 5.20. The molecule has 0 amide bonds. The van der Waals surface area contributed by atoms with Gasteiger partial charge in [0.1, 0.15) is 5.82 Å². The van der Waals surface area contributed by atoms with Gasteiger partial charge in [-0.3, -0.25) is 0 Å². The van der Waals surface area contributed by atoms with Crippen LogP contribution >= 0.6 is 27.3 Å². The third-order valence-corrected chi connectivity index (χ3v) is 4.41. The lowest BCUT2D eigenvalue weighted by Gasteiger charge is -2.22. The minimum absolute atomic E-state index is 0.194. The number of hydrogen-bond donors (Lipinski definition) is 1. The van der Waals surface area contributed by atoms with E-state index in [0.717, 1.165) is 21.6 Å². The van der Waals surface area contributed by atoms with Crippen LogP contribution in [0.5, 0.6) is 0 Å². The fraction of sp³-hybridized carbons (Fsp3) is 0.286. The van der Waals surface area contributed by atoms with Crippen LogP contribution in [-0.2, 0) is 13.1 Å². The van der Waals surface area contributed by atoms with Crippen molar-refractivity contribution in [3.63, 3.8) is 0 Å². The summed E-state index contributed by atoms with van der Waals surface area (Å²) in [6.07, 6.45) is 0. The average molecular weight is 343 g/mol. The maximum absolute atomic E-state index is 13.3. The third-order valence-electron chi connectivity index (χ3n) is 2.86. The second-order valence-electron chi connectivity index (χ2n) is 4.42. The molecule has 2 aromatic rings. The molecule has 0 unspecified atom stereocenters. The van der Waals surface area contributed by atoms with E-state index in [9.17, 15) is 4.39 Å². The Morgan fingerprint density at radius 1 is 1.37 bits per heavy atom. The van der Waals surface area contributed by atoms with E-state index in [-0.39, 0.29) is 5.82 Å². The van der Waals surface area contributed by atoms with Gasteiger partial charge in [-0.15, -0.1) is 11.3 Å². The van der Waals surface area contributed by atoms with Crippen molar-refractivity contribution >= 4 is 33.0 Å². The Labute approximate surface area is 125 Å². The lowest BCUT2D eigenvalue weighted by Crippen LogP contribution is -2.19. The van der Waals surface area contributed by atoms with Gasteiger partial charge in [0.2, 0.25) is 0 Å². The van der Waals surface area contributed by atoms with Crippen LogP contribution in [0.1, 0.15) is 11.1 Å². The molecule has 2 nitrogen and oxygen atoms in total. The van der Waals surface area contributed by atoms with Crippen LogP contribution in [0.2, 0.25) is 0 Å². The standard InChI is InChI=1S/C14H16BrFN2S/c1-17-7-11-6-12(16)3-4-13(11)18(2)8-10-5-14(15)19-9-10/h3-6,9,17H,7-8H2,1-2H3. The van der Waals surface area contributed by atoms with Crippen molar-refractivity contribution in [3.8, 4) is 0 Å². The SMILES string of the molecule is CNCc1cc(F)ccc1N(C)Cc1csc(Br)c1. The molecule has 0 atom stereocenters. The molecular formula is C14H16BrFN2S. The summed E-state index contributed by atoms with van der Waals surface area (Å²) in [6, 6.07) is 7.05. The van der Waals surface area contributed by atoms with E-state index in [0.29, 0.717) is 6.54 Å². The molecule has 19 heavy (non-hydrogen) atoms. The molecule has 2 rings (SSSR count). The Kier molecular flexibility index (Phi) is 4.96. The van der Waals surface area contributed by atoms with E-state index < -0.39 is 0 Å². The van der Waals surface area contributed by atoms with Crippen LogP contribution in [0.25, 0.3) is 0 Å². The summed E-state index contributed by atoms with van der Waals surface area (Å²) in [5.74, 6) is -0.194. The van der Waals surface area contributed by atoms with Crippen LogP contribution in [0.4, 0.5) is 10.1 Å². The van der Waals surface area contributed by atoms with Gasteiger partial charge in [0.25, 0.3) is 0 Å². The first kappa shape index (κ1) is 14.5. The van der Waals surface area contributed by atoms with Gasteiger partial charge in [0, 0.05) is 25.8 Å². The highest BCUT2D eigenvalue weighted by Gasteiger charge is 2.09. The van der Waals surface area contributed by atoms with Gasteiger partial charge in [0.05, 0.1) is 3.79 Å². The zero-order valence-electron chi connectivity index (χ0n) is 10.9. The Morgan fingerprint density at radius 2 is 2.16 bits per heavy atom. The molecule has 1 heterocycles. The molecule has 0 aliphatic rings. The van der Waals surface area contributed by atoms with E-state index in [1.165, 1.54) is 11.6 Å². The van der Waals surface area contributed by atoms with Crippen molar-refractivity contribution in [2.24, 2.45) is 0 Å². The summed E-state index contributed by atoms with van der Waals surface area (Å²) >= 11 is 5.14. The van der Waals surface area contributed by atoms with Crippen LogP contribution in [0.15, 0.2) is 33.4 Å². The van der Waals surface area contributed by atoms with Crippen LogP contribution in [0.3, 0.4) is 0 Å². The second-order valence-corrected chi connectivity index (χ2v) is 6.71. The minimum atomic E-state index is -0.194. The summed E-state index contributed by atoms with van der Waals surface area (Å²) in [6.45, 7) is 1.47. The number of nitrogens with one attached hydrogen (secondary N) is 1. The fourth-order valence-corrected chi connectivity index (χ4v) is 3.25. The number of rotatable bonds is 5. The molecular weight excluding hydrogens is 327 g/mol. The maximum atomic E-state index is 13.3. The zero-order valence-corrected chi connectivity index (χ0v) is 13.3. The van der Waals surface area contributed by atoms with Crippen LogP contribution in [-0.4, -0.2) is 14.1 Å². The van der Waals surface area contributed by atoms with Gasteiger partial charge in [0.15, 0.2) is 0 Å². The molecule has 0 saturated carbocycles. The Hall–Kier alpha value is -0.910. The van der Waals surface area contributed by atoms with Crippen molar-refractivity contribution in [2.75, 3.05) is 19.0 Å². The molecule has 0 aliphatic heterocycles. The summed E-state index contributed by atoms with van der Waals surface area (Å²) in [4.78, 5) is 2.14. The van der Waals surface area contributed by atoms with Crippen LogP contribution < -0.4 is 10.2 Å². The molecule has 1 N–H and O–H groups in total. The highest BCUT2D eigenvalue weighted by molar-refractivity contribution is 9.11. The number of halogens is 2. The smallest absolute Gasteiger partial charge is 0.123 e. The summed E-state index contributed by atoms with van der Waals surface area (Å²) in [5.41, 5.74) is 3.27. The summed E-state index contributed by atoms with van der Waals surface area (Å²) < 4.78 is 14.4. The quantitative estimate of drug-likeness (QED) is 0.883. The van der Waals surface area contributed by atoms with Crippen molar-refractivity contribution in [3.05, 3.63) is 50.4 Å². The van der Waals surface area contributed by atoms with Crippen molar-refractivity contribution in [1.82, 2.24) is 5.32 Å². The molecule has 0 spiro atoms. The Morgan fingerprint density at radius 3 is 2.79 bits per heavy atom. The van der Waals surface area contributed by atoms with Crippen LogP contribution in [0, 0.1) is 5.82 Å². The molecule has 0 aliphatic carbocycles. The number of anilines is 1. The van der Waals surface area contributed by atoms with Gasteiger partial charge >= 0.3 is 0 Å². The first-order valence-electron chi connectivity index (χ1n) is 5.97. The van der Waals surface area contributed by atoms with E-state index in [4.69, 9.17) is 0 Å². The lowest BCUT2D eigenvalue weighted by atomic mass is 10.1. The zero-order chi connectivity index (χ0) is 13.8. The predicted octanol–water partition coefficient (Wildman–Crippen LogP) is 4.01. The largest absolute Gasteiger partial charge is 0.370 e. The maximum Gasteiger partial charge on any atom is 0.123 e. The van der Waals surface area contributed by atoms with Gasteiger partial charge in [-0.25, -0.2) is 4.39 Å². The second kappa shape index (κ2) is 6.50. The minimum Gasteiger partial charge on any atom is -0.370 e. The molecule has 102 valence electrons. The highest BCUT2D eigenvalue weighted by atomic mass is 79.9. The average Bonchev–Trinajstić information content (AvgIpc) is 2.75. The first-order valence-corrected chi connectivity index (χ1v) is 7.64. The van der Waals surface area contributed by atoms with E-state index in [1.54, 1.807) is 17.4 Å². The molecule has 1 aromatic carbocycles. The van der Waals surface area contributed by atoms with E-state index in [2.05, 4.69) is 37.6 Å². The molecule has 0 saturated heterocycles. The first-order chi connectivity index (χ1) is 9.10. The van der Waals surface area contributed by atoms with E-state index in [1.807, 2.05) is 20.2 Å². The topological polar surface area (TPSA) is 15.3 Å².